The normalized spacial score (nSPS) is 16.9. The highest BCUT2D eigenvalue weighted by Gasteiger charge is 2.21. The number of nitrogens with zero attached hydrogens (tertiary/aromatic N) is 1. The van der Waals surface area contributed by atoms with E-state index in [1.807, 2.05) is 12.4 Å². The molecule has 2 aromatic rings. The van der Waals surface area contributed by atoms with E-state index < -0.39 is 0 Å². The van der Waals surface area contributed by atoms with Crippen molar-refractivity contribution in [2.45, 2.75) is 38.0 Å². The molecule has 0 radical (unpaired) electrons. The summed E-state index contributed by atoms with van der Waals surface area (Å²) >= 11 is 1.71. The van der Waals surface area contributed by atoms with Crippen LogP contribution in [0.5, 0.6) is 0 Å². The number of anilines is 1. The summed E-state index contributed by atoms with van der Waals surface area (Å²) in [6.07, 6.45) is 10.4. The maximum Gasteiger partial charge on any atom is 0.0865 e. The van der Waals surface area contributed by atoms with Gasteiger partial charge in [0.05, 0.1) is 5.00 Å². The SMILES string of the molecule is Nc1cc(C2CCCCC2)c(-c2ccncc2)s1. The highest BCUT2D eigenvalue weighted by atomic mass is 32.1. The maximum absolute atomic E-state index is 6.03. The summed E-state index contributed by atoms with van der Waals surface area (Å²) < 4.78 is 0. The smallest absolute Gasteiger partial charge is 0.0865 e. The van der Waals surface area contributed by atoms with Crippen LogP contribution in [0.25, 0.3) is 10.4 Å². The number of nitrogen functional groups attached to an aromatic ring is 1. The number of aromatic nitrogens is 1. The minimum atomic E-state index is 0.704. The lowest BCUT2D eigenvalue weighted by Gasteiger charge is -2.22. The van der Waals surface area contributed by atoms with Crippen LogP contribution in [0.2, 0.25) is 0 Å². The number of rotatable bonds is 2. The number of nitrogens with two attached hydrogens (primary N) is 1. The van der Waals surface area contributed by atoms with Gasteiger partial charge < -0.3 is 5.73 Å². The third-order valence-electron chi connectivity index (χ3n) is 3.77. The quantitative estimate of drug-likeness (QED) is 0.865. The summed E-state index contributed by atoms with van der Waals surface area (Å²) in [5.41, 5.74) is 8.74. The predicted molar refractivity (Wildman–Crippen MR) is 77.8 cm³/mol. The molecule has 0 amide bonds. The van der Waals surface area contributed by atoms with Crippen molar-refractivity contribution in [2.24, 2.45) is 0 Å². The molecule has 2 aromatic heterocycles. The van der Waals surface area contributed by atoms with E-state index in [1.54, 1.807) is 11.3 Å². The second-order valence-corrected chi connectivity index (χ2v) is 6.09. The van der Waals surface area contributed by atoms with Gasteiger partial charge >= 0.3 is 0 Å². The Morgan fingerprint density at radius 1 is 1.11 bits per heavy atom. The minimum Gasteiger partial charge on any atom is -0.391 e. The van der Waals surface area contributed by atoms with Crippen LogP contribution in [0.1, 0.15) is 43.6 Å². The minimum absolute atomic E-state index is 0.704. The van der Waals surface area contributed by atoms with Gasteiger partial charge in [-0.3, -0.25) is 4.98 Å². The summed E-state index contributed by atoms with van der Waals surface area (Å²) in [6.45, 7) is 0. The molecule has 3 heteroatoms. The molecule has 18 heavy (non-hydrogen) atoms. The zero-order chi connectivity index (χ0) is 12.4. The van der Waals surface area contributed by atoms with Crippen molar-refractivity contribution in [3.8, 4) is 10.4 Å². The lowest BCUT2D eigenvalue weighted by molar-refractivity contribution is 0.445. The molecule has 2 N–H and O–H groups in total. The fourth-order valence-electron chi connectivity index (χ4n) is 2.87. The summed E-state index contributed by atoms with van der Waals surface area (Å²) in [5.74, 6) is 0.704. The molecule has 2 nitrogen and oxygen atoms in total. The van der Waals surface area contributed by atoms with Gasteiger partial charge in [-0.15, -0.1) is 11.3 Å². The Bertz CT molecular complexity index is 513. The van der Waals surface area contributed by atoms with E-state index in [-0.39, 0.29) is 0 Å². The van der Waals surface area contributed by atoms with Crippen LogP contribution in [0.15, 0.2) is 30.6 Å². The van der Waals surface area contributed by atoms with Crippen molar-refractivity contribution in [1.82, 2.24) is 4.98 Å². The van der Waals surface area contributed by atoms with Crippen molar-refractivity contribution in [3.05, 3.63) is 36.2 Å². The molecule has 0 atom stereocenters. The van der Waals surface area contributed by atoms with Gasteiger partial charge in [0.1, 0.15) is 0 Å². The van der Waals surface area contributed by atoms with E-state index in [1.165, 1.54) is 48.1 Å². The Balaban J connectivity index is 1.99. The molecule has 1 aliphatic rings. The van der Waals surface area contributed by atoms with Gasteiger partial charge in [0, 0.05) is 17.3 Å². The van der Waals surface area contributed by atoms with Crippen LogP contribution in [-0.4, -0.2) is 4.98 Å². The zero-order valence-corrected chi connectivity index (χ0v) is 11.2. The average Bonchev–Trinajstić information content (AvgIpc) is 2.83. The first kappa shape index (κ1) is 11.7. The highest BCUT2D eigenvalue weighted by molar-refractivity contribution is 7.19. The molecular weight excluding hydrogens is 240 g/mol. The topological polar surface area (TPSA) is 38.9 Å². The van der Waals surface area contributed by atoms with Crippen molar-refractivity contribution in [2.75, 3.05) is 5.73 Å². The summed E-state index contributed by atoms with van der Waals surface area (Å²) in [7, 11) is 0. The van der Waals surface area contributed by atoms with E-state index >= 15 is 0 Å². The van der Waals surface area contributed by atoms with E-state index in [0.29, 0.717) is 5.92 Å². The highest BCUT2D eigenvalue weighted by Crippen LogP contribution is 2.43. The van der Waals surface area contributed by atoms with E-state index in [0.717, 1.165) is 5.00 Å². The van der Waals surface area contributed by atoms with E-state index in [4.69, 9.17) is 5.73 Å². The lowest BCUT2D eigenvalue weighted by atomic mass is 9.83. The van der Waals surface area contributed by atoms with E-state index in [9.17, 15) is 0 Å². The van der Waals surface area contributed by atoms with Gasteiger partial charge in [-0.1, -0.05) is 19.3 Å². The van der Waals surface area contributed by atoms with Gasteiger partial charge in [-0.25, -0.2) is 0 Å². The Hall–Kier alpha value is -1.35. The van der Waals surface area contributed by atoms with Crippen molar-refractivity contribution in [1.29, 1.82) is 0 Å². The number of pyridine rings is 1. The summed E-state index contributed by atoms with van der Waals surface area (Å²) in [6, 6.07) is 6.35. The predicted octanol–water partition coefficient (Wildman–Crippen LogP) is 4.44. The first-order valence-corrected chi connectivity index (χ1v) is 7.46. The van der Waals surface area contributed by atoms with Crippen molar-refractivity contribution in [3.63, 3.8) is 0 Å². The Labute approximate surface area is 112 Å². The van der Waals surface area contributed by atoms with Crippen LogP contribution in [0.4, 0.5) is 5.00 Å². The molecule has 0 aromatic carbocycles. The number of hydrogen-bond donors (Lipinski definition) is 1. The molecule has 0 unspecified atom stereocenters. The average molecular weight is 258 g/mol. The molecule has 1 fully saturated rings. The van der Waals surface area contributed by atoms with Crippen molar-refractivity contribution < 1.29 is 0 Å². The summed E-state index contributed by atoms with van der Waals surface area (Å²) in [5, 5.41) is 0.933. The van der Waals surface area contributed by atoms with Gasteiger partial charge in [-0.05, 0) is 48.1 Å². The van der Waals surface area contributed by atoms with E-state index in [2.05, 4.69) is 23.2 Å². The summed E-state index contributed by atoms with van der Waals surface area (Å²) in [4.78, 5) is 5.44. The monoisotopic (exact) mass is 258 g/mol. The second kappa shape index (κ2) is 5.11. The molecule has 2 heterocycles. The molecule has 1 aliphatic carbocycles. The molecule has 1 saturated carbocycles. The fraction of sp³-hybridized carbons (Fsp3) is 0.400. The van der Waals surface area contributed by atoms with Gasteiger partial charge in [0.15, 0.2) is 0 Å². The Morgan fingerprint density at radius 3 is 2.56 bits per heavy atom. The third kappa shape index (κ3) is 2.27. The molecular formula is C15H18N2S. The number of thiophene rings is 1. The Morgan fingerprint density at radius 2 is 1.83 bits per heavy atom. The van der Waals surface area contributed by atoms with Gasteiger partial charge in [0.2, 0.25) is 0 Å². The molecule has 0 bridgehead atoms. The molecule has 0 aliphatic heterocycles. The lowest BCUT2D eigenvalue weighted by Crippen LogP contribution is -2.04. The third-order valence-corrected chi connectivity index (χ3v) is 4.80. The largest absolute Gasteiger partial charge is 0.391 e. The second-order valence-electron chi connectivity index (χ2n) is 5.00. The van der Waals surface area contributed by atoms with Crippen LogP contribution >= 0.6 is 11.3 Å². The maximum atomic E-state index is 6.03. The fourth-order valence-corrected chi connectivity index (χ4v) is 3.89. The van der Waals surface area contributed by atoms with Crippen LogP contribution in [0, 0.1) is 0 Å². The zero-order valence-electron chi connectivity index (χ0n) is 10.4. The van der Waals surface area contributed by atoms with Crippen molar-refractivity contribution >= 4 is 16.3 Å². The molecule has 0 spiro atoms. The molecule has 3 rings (SSSR count). The standard InChI is InChI=1S/C15H18N2S/c16-14-10-13(11-4-2-1-3-5-11)15(18-14)12-6-8-17-9-7-12/h6-11H,1-5,16H2. The molecule has 0 saturated heterocycles. The first-order chi connectivity index (χ1) is 8.84. The number of hydrogen-bond acceptors (Lipinski definition) is 3. The van der Waals surface area contributed by atoms with Crippen LogP contribution in [0.3, 0.4) is 0 Å². The molecule has 94 valence electrons. The van der Waals surface area contributed by atoms with Gasteiger partial charge in [-0.2, -0.15) is 0 Å². The van der Waals surface area contributed by atoms with Gasteiger partial charge in [0.25, 0.3) is 0 Å². The van der Waals surface area contributed by atoms with Crippen LogP contribution in [-0.2, 0) is 0 Å². The first-order valence-electron chi connectivity index (χ1n) is 6.64. The Kier molecular flexibility index (Phi) is 3.33. The van der Waals surface area contributed by atoms with Crippen LogP contribution < -0.4 is 5.73 Å².